The lowest BCUT2D eigenvalue weighted by Crippen LogP contribution is -2.31. The Bertz CT molecular complexity index is 346. The predicted molar refractivity (Wildman–Crippen MR) is 67.0 cm³/mol. The minimum atomic E-state index is -2.44. The molecular formula is C12H19F2N3O. The van der Waals surface area contributed by atoms with Gasteiger partial charge in [-0.15, -0.1) is 0 Å². The molecular weight excluding hydrogens is 240 g/mol. The number of hydrogen-bond donors (Lipinski definition) is 2. The van der Waals surface area contributed by atoms with E-state index in [0.717, 1.165) is 5.69 Å². The summed E-state index contributed by atoms with van der Waals surface area (Å²) in [6.45, 7) is 1.57. The number of halogens is 2. The number of nitrogens with zero attached hydrogens (tertiary/aromatic N) is 2. The number of nitrogens with one attached hydrogen (secondary N) is 1. The fourth-order valence-electron chi connectivity index (χ4n) is 1.60. The molecule has 0 aliphatic carbocycles. The maximum Gasteiger partial charge on any atom is 0.255 e. The molecule has 102 valence electrons. The monoisotopic (exact) mass is 259 g/mol. The smallest absolute Gasteiger partial charge is 0.255 e. The standard InChI is InChI=1S/C12H19F2N3O/c1-9(15-2)11-4-3-10(7-16-11)17(5-6-18)8-12(13)14/h3-4,7,9,12,15,18H,5-6,8H2,1-2H3. The molecule has 1 atom stereocenters. The van der Waals surface area contributed by atoms with Gasteiger partial charge in [-0.1, -0.05) is 0 Å². The zero-order chi connectivity index (χ0) is 13.5. The molecule has 0 aliphatic rings. The molecule has 0 bridgehead atoms. The Labute approximate surface area is 106 Å². The zero-order valence-electron chi connectivity index (χ0n) is 10.6. The Morgan fingerprint density at radius 1 is 1.44 bits per heavy atom. The molecule has 1 aromatic rings. The number of aliphatic hydroxyl groups is 1. The molecule has 0 fully saturated rings. The minimum absolute atomic E-state index is 0.112. The van der Waals surface area contributed by atoms with Crippen LogP contribution in [-0.2, 0) is 0 Å². The lowest BCUT2D eigenvalue weighted by molar-refractivity contribution is 0.153. The molecule has 4 nitrogen and oxygen atoms in total. The zero-order valence-corrected chi connectivity index (χ0v) is 10.6. The van der Waals surface area contributed by atoms with Crippen LogP contribution in [0.1, 0.15) is 18.7 Å². The van der Waals surface area contributed by atoms with E-state index < -0.39 is 13.0 Å². The summed E-state index contributed by atoms with van der Waals surface area (Å²) in [5.41, 5.74) is 1.44. The number of anilines is 1. The highest BCUT2D eigenvalue weighted by atomic mass is 19.3. The highest BCUT2D eigenvalue weighted by Gasteiger charge is 2.13. The van der Waals surface area contributed by atoms with Crippen LogP contribution in [0.5, 0.6) is 0 Å². The number of aromatic nitrogens is 1. The number of aliphatic hydroxyl groups excluding tert-OH is 1. The number of alkyl halides is 2. The van der Waals surface area contributed by atoms with E-state index in [9.17, 15) is 8.78 Å². The second-order valence-corrected chi connectivity index (χ2v) is 4.01. The summed E-state index contributed by atoms with van der Waals surface area (Å²) < 4.78 is 24.8. The van der Waals surface area contributed by atoms with Gasteiger partial charge < -0.3 is 15.3 Å². The third-order valence-corrected chi connectivity index (χ3v) is 2.74. The summed E-state index contributed by atoms with van der Waals surface area (Å²) in [5, 5.41) is 11.9. The molecule has 0 aliphatic heterocycles. The quantitative estimate of drug-likeness (QED) is 0.777. The molecule has 0 radical (unpaired) electrons. The highest BCUT2D eigenvalue weighted by Crippen LogP contribution is 2.17. The Hall–Kier alpha value is -1.27. The Morgan fingerprint density at radius 2 is 2.17 bits per heavy atom. The third-order valence-electron chi connectivity index (χ3n) is 2.74. The van der Waals surface area contributed by atoms with Crippen LogP contribution in [0, 0.1) is 0 Å². The summed E-state index contributed by atoms with van der Waals surface area (Å²) in [6.07, 6.45) is -0.881. The Kier molecular flexibility index (Phi) is 5.94. The number of rotatable bonds is 7. The summed E-state index contributed by atoms with van der Waals surface area (Å²) in [6, 6.07) is 3.65. The van der Waals surface area contributed by atoms with Crippen LogP contribution in [0.2, 0.25) is 0 Å². The molecule has 1 unspecified atom stereocenters. The van der Waals surface area contributed by atoms with Gasteiger partial charge in [-0.05, 0) is 26.1 Å². The van der Waals surface area contributed by atoms with Gasteiger partial charge in [0.05, 0.1) is 30.7 Å². The number of hydrogen-bond acceptors (Lipinski definition) is 4. The van der Waals surface area contributed by atoms with Crippen molar-refractivity contribution >= 4 is 5.69 Å². The van der Waals surface area contributed by atoms with Crippen molar-refractivity contribution in [2.45, 2.75) is 19.4 Å². The summed E-state index contributed by atoms with van der Waals surface area (Å²) >= 11 is 0. The van der Waals surface area contributed by atoms with Crippen molar-refractivity contribution in [1.29, 1.82) is 0 Å². The van der Waals surface area contributed by atoms with Gasteiger partial charge >= 0.3 is 0 Å². The normalized spacial score (nSPS) is 12.8. The molecule has 0 spiro atoms. The lowest BCUT2D eigenvalue weighted by Gasteiger charge is -2.23. The predicted octanol–water partition coefficient (Wildman–Crippen LogP) is 1.43. The van der Waals surface area contributed by atoms with Crippen molar-refractivity contribution in [3.05, 3.63) is 24.0 Å². The van der Waals surface area contributed by atoms with Crippen LogP contribution in [0.3, 0.4) is 0 Å². The molecule has 1 rings (SSSR count). The summed E-state index contributed by atoms with van der Waals surface area (Å²) in [7, 11) is 1.83. The van der Waals surface area contributed by atoms with E-state index in [2.05, 4.69) is 10.3 Å². The first-order chi connectivity index (χ1) is 8.58. The lowest BCUT2D eigenvalue weighted by atomic mass is 10.2. The second kappa shape index (κ2) is 7.23. The van der Waals surface area contributed by atoms with Gasteiger partial charge in [-0.2, -0.15) is 0 Å². The van der Waals surface area contributed by atoms with Crippen LogP contribution >= 0.6 is 0 Å². The van der Waals surface area contributed by atoms with Gasteiger partial charge in [0.1, 0.15) is 0 Å². The van der Waals surface area contributed by atoms with E-state index in [1.807, 2.05) is 14.0 Å². The molecule has 0 aromatic carbocycles. The first-order valence-corrected chi connectivity index (χ1v) is 5.85. The topological polar surface area (TPSA) is 48.4 Å². The van der Waals surface area contributed by atoms with Gasteiger partial charge in [-0.3, -0.25) is 4.98 Å². The van der Waals surface area contributed by atoms with Gasteiger partial charge in [0.2, 0.25) is 0 Å². The summed E-state index contributed by atoms with van der Waals surface area (Å²) in [5.74, 6) is 0. The first-order valence-electron chi connectivity index (χ1n) is 5.85. The highest BCUT2D eigenvalue weighted by molar-refractivity contribution is 5.44. The van der Waals surface area contributed by atoms with Crippen LogP contribution < -0.4 is 10.2 Å². The van der Waals surface area contributed by atoms with Gasteiger partial charge in [-0.25, -0.2) is 8.78 Å². The van der Waals surface area contributed by atoms with Crippen LogP contribution in [0.25, 0.3) is 0 Å². The molecule has 1 heterocycles. The maximum absolute atomic E-state index is 12.4. The van der Waals surface area contributed by atoms with Gasteiger partial charge in [0.25, 0.3) is 6.43 Å². The van der Waals surface area contributed by atoms with Gasteiger partial charge in [0.15, 0.2) is 0 Å². The van der Waals surface area contributed by atoms with E-state index in [4.69, 9.17) is 5.11 Å². The van der Waals surface area contributed by atoms with E-state index in [1.54, 1.807) is 18.3 Å². The van der Waals surface area contributed by atoms with E-state index >= 15 is 0 Å². The average Bonchev–Trinajstić information content (AvgIpc) is 2.37. The van der Waals surface area contributed by atoms with E-state index in [1.165, 1.54) is 4.90 Å². The van der Waals surface area contributed by atoms with Crippen LogP contribution in [0.15, 0.2) is 18.3 Å². The molecule has 1 aromatic heterocycles. The van der Waals surface area contributed by atoms with Crippen molar-refractivity contribution in [3.8, 4) is 0 Å². The SMILES string of the molecule is CNC(C)c1ccc(N(CCO)CC(F)F)cn1. The summed E-state index contributed by atoms with van der Waals surface area (Å²) in [4.78, 5) is 5.65. The van der Waals surface area contributed by atoms with Crippen molar-refractivity contribution in [2.24, 2.45) is 0 Å². The molecule has 0 saturated heterocycles. The minimum Gasteiger partial charge on any atom is -0.395 e. The Morgan fingerprint density at radius 3 is 2.61 bits per heavy atom. The van der Waals surface area contributed by atoms with E-state index in [-0.39, 0.29) is 19.2 Å². The van der Waals surface area contributed by atoms with E-state index in [0.29, 0.717) is 5.69 Å². The Balaban J connectivity index is 2.79. The first kappa shape index (κ1) is 14.8. The largest absolute Gasteiger partial charge is 0.395 e. The fourth-order valence-corrected chi connectivity index (χ4v) is 1.60. The van der Waals surface area contributed by atoms with Crippen molar-refractivity contribution in [2.75, 3.05) is 31.6 Å². The molecule has 6 heteroatoms. The van der Waals surface area contributed by atoms with Crippen LogP contribution in [-0.4, -0.2) is 43.3 Å². The maximum atomic E-state index is 12.4. The molecule has 18 heavy (non-hydrogen) atoms. The average molecular weight is 259 g/mol. The second-order valence-electron chi connectivity index (χ2n) is 4.01. The molecule has 2 N–H and O–H groups in total. The van der Waals surface area contributed by atoms with Crippen molar-refractivity contribution in [3.63, 3.8) is 0 Å². The molecule has 0 saturated carbocycles. The fraction of sp³-hybridized carbons (Fsp3) is 0.583. The van der Waals surface area contributed by atoms with Gasteiger partial charge in [0, 0.05) is 12.6 Å². The van der Waals surface area contributed by atoms with Crippen LogP contribution in [0.4, 0.5) is 14.5 Å². The molecule has 0 amide bonds. The van der Waals surface area contributed by atoms with Crippen molar-refractivity contribution in [1.82, 2.24) is 10.3 Å². The number of pyridine rings is 1. The van der Waals surface area contributed by atoms with Crippen molar-refractivity contribution < 1.29 is 13.9 Å². The third kappa shape index (κ3) is 4.19.